The van der Waals surface area contributed by atoms with E-state index in [0.717, 1.165) is 18.9 Å². The maximum Gasteiger partial charge on any atom is 0.343 e. The third-order valence-electron chi connectivity index (χ3n) is 2.90. The summed E-state index contributed by atoms with van der Waals surface area (Å²) in [6, 6.07) is 8.59. The molecule has 0 bridgehead atoms. The lowest BCUT2D eigenvalue weighted by Gasteiger charge is -2.09. The van der Waals surface area contributed by atoms with Crippen LogP contribution in [-0.2, 0) is 14.8 Å². The van der Waals surface area contributed by atoms with E-state index in [1.54, 1.807) is 12.1 Å². The van der Waals surface area contributed by atoms with E-state index in [1.165, 1.54) is 24.3 Å². The predicted octanol–water partition coefficient (Wildman–Crippen LogP) is 1.18. The number of carbonyl (C=O) groups excluding carboxylic acids is 1. The van der Waals surface area contributed by atoms with E-state index in [2.05, 4.69) is 4.74 Å². The number of benzene rings is 1. The van der Waals surface area contributed by atoms with Crippen molar-refractivity contribution in [2.45, 2.75) is 11.8 Å². The van der Waals surface area contributed by atoms with Gasteiger partial charge in [0.1, 0.15) is 5.56 Å². The summed E-state index contributed by atoms with van der Waals surface area (Å²) in [6.07, 6.45) is 1.10. The highest BCUT2D eigenvalue weighted by atomic mass is 32.2. The SMILES string of the molecule is COC(=O)c1cccn(S(=O)(=O)c2ccc(C)cc2)c1=O. The number of ether oxygens (including phenoxy) is 1. The molecule has 0 fully saturated rings. The molecule has 2 rings (SSSR count). The summed E-state index contributed by atoms with van der Waals surface area (Å²) >= 11 is 0. The van der Waals surface area contributed by atoms with Crippen molar-refractivity contribution in [3.63, 3.8) is 0 Å². The summed E-state index contributed by atoms with van der Waals surface area (Å²) in [4.78, 5) is 23.6. The lowest BCUT2D eigenvalue weighted by molar-refractivity contribution is 0.0598. The molecular weight excluding hydrogens is 294 g/mol. The van der Waals surface area contributed by atoms with Gasteiger partial charge in [0.2, 0.25) is 0 Å². The maximum atomic E-state index is 12.4. The van der Waals surface area contributed by atoms with Crippen LogP contribution in [0, 0.1) is 6.92 Å². The molecule has 0 aliphatic heterocycles. The second-order valence-electron chi connectivity index (χ2n) is 4.33. The van der Waals surface area contributed by atoms with Crippen molar-refractivity contribution in [2.75, 3.05) is 7.11 Å². The highest BCUT2D eigenvalue weighted by Gasteiger charge is 2.21. The molecule has 0 N–H and O–H groups in total. The van der Waals surface area contributed by atoms with Gasteiger partial charge in [-0.15, -0.1) is 0 Å². The van der Waals surface area contributed by atoms with Gasteiger partial charge in [-0.1, -0.05) is 17.7 Å². The minimum atomic E-state index is -4.05. The number of methoxy groups -OCH3 is 1. The third kappa shape index (κ3) is 2.73. The minimum absolute atomic E-state index is 0.0304. The van der Waals surface area contributed by atoms with Gasteiger partial charge in [0.15, 0.2) is 0 Å². The predicted molar refractivity (Wildman–Crippen MR) is 75.8 cm³/mol. The summed E-state index contributed by atoms with van der Waals surface area (Å²) in [5.41, 5.74) is -0.384. The van der Waals surface area contributed by atoms with Gasteiger partial charge in [-0.05, 0) is 31.2 Å². The first-order valence-corrected chi connectivity index (χ1v) is 7.44. The zero-order chi connectivity index (χ0) is 15.6. The fourth-order valence-electron chi connectivity index (χ4n) is 1.75. The van der Waals surface area contributed by atoms with Crippen LogP contribution in [-0.4, -0.2) is 25.5 Å². The number of aromatic nitrogens is 1. The summed E-state index contributed by atoms with van der Waals surface area (Å²) < 4.78 is 29.9. The monoisotopic (exact) mass is 307 g/mol. The van der Waals surface area contributed by atoms with Crippen molar-refractivity contribution < 1.29 is 17.9 Å². The molecular formula is C14H13NO5S. The van der Waals surface area contributed by atoms with Crippen molar-refractivity contribution in [1.29, 1.82) is 0 Å². The maximum absolute atomic E-state index is 12.4. The molecule has 2 aromatic rings. The molecule has 0 saturated carbocycles. The highest BCUT2D eigenvalue weighted by molar-refractivity contribution is 7.90. The molecule has 0 spiro atoms. The van der Waals surface area contributed by atoms with Gasteiger partial charge in [0, 0.05) is 6.20 Å². The molecule has 1 aromatic heterocycles. The average Bonchev–Trinajstić information content (AvgIpc) is 2.47. The van der Waals surface area contributed by atoms with E-state index in [4.69, 9.17) is 0 Å². The van der Waals surface area contributed by atoms with Crippen molar-refractivity contribution in [2.24, 2.45) is 0 Å². The molecule has 0 aliphatic carbocycles. The number of rotatable bonds is 3. The Morgan fingerprint density at radius 1 is 1.14 bits per heavy atom. The van der Waals surface area contributed by atoms with Crippen molar-refractivity contribution >= 4 is 16.0 Å². The van der Waals surface area contributed by atoms with E-state index in [0.29, 0.717) is 3.97 Å². The van der Waals surface area contributed by atoms with Crippen molar-refractivity contribution in [3.05, 3.63) is 64.1 Å². The molecule has 1 heterocycles. The van der Waals surface area contributed by atoms with Crippen LogP contribution in [0.3, 0.4) is 0 Å². The van der Waals surface area contributed by atoms with Crippen LogP contribution < -0.4 is 5.56 Å². The van der Waals surface area contributed by atoms with Gasteiger partial charge in [0.25, 0.3) is 15.6 Å². The van der Waals surface area contributed by atoms with Crippen LogP contribution >= 0.6 is 0 Å². The molecule has 110 valence electrons. The van der Waals surface area contributed by atoms with Gasteiger partial charge < -0.3 is 4.74 Å². The second-order valence-corrected chi connectivity index (χ2v) is 6.15. The van der Waals surface area contributed by atoms with E-state index >= 15 is 0 Å². The normalized spacial score (nSPS) is 11.1. The van der Waals surface area contributed by atoms with Gasteiger partial charge in [-0.2, -0.15) is 0 Å². The largest absolute Gasteiger partial charge is 0.465 e. The highest BCUT2D eigenvalue weighted by Crippen LogP contribution is 2.13. The van der Waals surface area contributed by atoms with Crippen LogP contribution in [0.25, 0.3) is 0 Å². The molecule has 21 heavy (non-hydrogen) atoms. The zero-order valence-electron chi connectivity index (χ0n) is 11.4. The number of esters is 1. The number of hydrogen-bond donors (Lipinski definition) is 0. The average molecular weight is 307 g/mol. The first kappa shape index (κ1) is 15.0. The molecule has 0 amide bonds. The zero-order valence-corrected chi connectivity index (χ0v) is 12.3. The van der Waals surface area contributed by atoms with E-state index in [9.17, 15) is 18.0 Å². The van der Waals surface area contributed by atoms with Crippen LogP contribution in [0.2, 0.25) is 0 Å². The van der Waals surface area contributed by atoms with Gasteiger partial charge in [-0.25, -0.2) is 17.2 Å². The van der Waals surface area contributed by atoms with Gasteiger partial charge >= 0.3 is 5.97 Å². The second kappa shape index (κ2) is 5.53. The first-order valence-electron chi connectivity index (χ1n) is 6.00. The number of nitrogens with zero attached hydrogens (tertiary/aromatic N) is 1. The Kier molecular flexibility index (Phi) is 3.95. The fraction of sp³-hybridized carbons (Fsp3) is 0.143. The third-order valence-corrected chi connectivity index (χ3v) is 4.57. The minimum Gasteiger partial charge on any atom is -0.465 e. The Morgan fingerprint density at radius 2 is 1.76 bits per heavy atom. The molecule has 0 unspecified atom stereocenters. The Morgan fingerprint density at radius 3 is 2.33 bits per heavy atom. The van der Waals surface area contributed by atoms with Gasteiger partial charge in [-0.3, -0.25) is 4.79 Å². The first-order chi connectivity index (χ1) is 9.87. The number of pyridine rings is 1. The molecule has 0 aliphatic rings. The number of carbonyl (C=O) groups is 1. The number of aryl methyl sites for hydroxylation is 1. The number of hydrogen-bond acceptors (Lipinski definition) is 5. The quantitative estimate of drug-likeness (QED) is 0.795. The molecule has 0 saturated heterocycles. The van der Waals surface area contributed by atoms with Crippen LogP contribution in [0.1, 0.15) is 15.9 Å². The Balaban J connectivity index is 2.64. The van der Waals surface area contributed by atoms with E-state index in [-0.39, 0.29) is 10.5 Å². The summed E-state index contributed by atoms with van der Waals surface area (Å²) in [5, 5.41) is 0. The van der Waals surface area contributed by atoms with Gasteiger partial charge in [0.05, 0.1) is 12.0 Å². The lowest BCUT2D eigenvalue weighted by atomic mass is 10.2. The standard InChI is InChI=1S/C14H13NO5S/c1-10-5-7-11(8-6-10)21(18,19)15-9-3-4-12(13(15)16)14(17)20-2/h3-9H,1-2H3. The smallest absolute Gasteiger partial charge is 0.343 e. The van der Waals surface area contributed by atoms with Crippen molar-refractivity contribution in [1.82, 2.24) is 3.97 Å². The Labute approximate surface area is 121 Å². The van der Waals surface area contributed by atoms with Crippen LogP contribution in [0.5, 0.6) is 0 Å². The van der Waals surface area contributed by atoms with Crippen LogP contribution in [0.15, 0.2) is 52.3 Å². The molecule has 0 atom stereocenters. The molecule has 6 nitrogen and oxygen atoms in total. The fourth-order valence-corrected chi connectivity index (χ4v) is 3.01. The van der Waals surface area contributed by atoms with Crippen molar-refractivity contribution in [3.8, 4) is 0 Å². The van der Waals surface area contributed by atoms with E-state index in [1.807, 2.05) is 6.92 Å². The summed E-state index contributed by atoms with van der Waals surface area (Å²) in [6.45, 7) is 1.82. The lowest BCUT2D eigenvalue weighted by Crippen LogP contribution is -2.31. The Hall–Kier alpha value is -2.41. The van der Waals surface area contributed by atoms with Crippen LogP contribution in [0.4, 0.5) is 0 Å². The topological polar surface area (TPSA) is 82.4 Å². The van der Waals surface area contributed by atoms with E-state index < -0.39 is 21.6 Å². The molecule has 0 radical (unpaired) electrons. The summed E-state index contributed by atoms with van der Waals surface area (Å²) in [7, 11) is -2.94. The summed E-state index contributed by atoms with van der Waals surface area (Å²) in [5.74, 6) is -0.881. The molecule has 7 heteroatoms. The molecule has 1 aromatic carbocycles. The Bertz CT molecular complexity index is 834.